The summed E-state index contributed by atoms with van der Waals surface area (Å²) in [6.07, 6.45) is 3.12. The van der Waals surface area contributed by atoms with Crippen LogP contribution in [0.5, 0.6) is 5.75 Å². The SMILES string of the molecule is COc1ccccc1Nc1ncnc(Nc2ccccn2)c1N. The molecule has 0 spiro atoms. The van der Waals surface area contributed by atoms with Crippen LogP contribution in [0.2, 0.25) is 0 Å². The minimum atomic E-state index is 0.393. The molecule has 116 valence electrons. The van der Waals surface area contributed by atoms with Gasteiger partial charge in [0.25, 0.3) is 0 Å². The Hall–Kier alpha value is -3.35. The number of rotatable bonds is 5. The topological polar surface area (TPSA) is 98.0 Å². The molecule has 7 heteroatoms. The van der Waals surface area contributed by atoms with Crippen LogP contribution in [0.3, 0.4) is 0 Å². The van der Waals surface area contributed by atoms with Crippen LogP contribution in [0.1, 0.15) is 0 Å². The Morgan fingerprint density at radius 3 is 2.39 bits per heavy atom. The van der Waals surface area contributed by atoms with Gasteiger partial charge in [-0.15, -0.1) is 0 Å². The van der Waals surface area contributed by atoms with Gasteiger partial charge in [0.1, 0.15) is 23.6 Å². The number of nitrogens with zero attached hydrogens (tertiary/aromatic N) is 3. The predicted octanol–water partition coefficient (Wildman–Crippen LogP) is 2.95. The Morgan fingerprint density at radius 1 is 0.913 bits per heavy atom. The number of hydrogen-bond acceptors (Lipinski definition) is 7. The first kappa shape index (κ1) is 14.6. The lowest BCUT2D eigenvalue weighted by atomic mass is 10.3. The molecule has 0 aliphatic carbocycles. The van der Waals surface area contributed by atoms with Gasteiger partial charge in [0, 0.05) is 6.20 Å². The van der Waals surface area contributed by atoms with Crippen molar-refractivity contribution in [2.75, 3.05) is 23.5 Å². The first-order valence-corrected chi connectivity index (χ1v) is 6.96. The zero-order valence-electron chi connectivity index (χ0n) is 12.5. The third-order valence-corrected chi connectivity index (χ3v) is 3.16. The lowest BCUT2D eigenvalue weighted by molar-refractivity contribution is 0.417. The average molecular weight is 308 g/mol. The maximum atomic E-state index is 6.15. The van der Waals surface area contributed by atoms with Crippen molar-refractivity contribution in [1.82, 2.24) is 15.0 Å². The molecule has 0 saturated carbocycles. The highest BCUT2D eigenvalue weighted by Crippen LogP contribution is 2.31. The number of aromatic nitrogens is 3. The van der Waals surface area contributed by atoms with Gasteiger partial charge in [-0.25, -0.2) is 15.0 Å². The second-order valence-electron chi connectivity index (χ2n) is 4.65. The van der Waals surface area contributed by atoms with Crippen LogP contribution in [0.25, 0.3) is 0 Å². The summed E-state index contributed by atoms with van der Waals surface area (Å²) in [4.78, 5) is 12.5. The van der Waals surface area contributed by atoms with Crippen LogP contribution >= 0.6 is 0 Å². The Kier molecular flexibility index (Phi) is 4.19. The van der Waals surface area contributed by atoms with Gasteiger partial charge in [0.05, 0.1) is 12.8 Å². The Morgan fingerprint density at radius 2 is 1.65 bits per heavy atom. The molecule has 0 radical (unpaired) electrons. The van der Waals surface area contributed by atoms with E-state index in [9.17, 15) is 0 Å². The summed E-state index contributed by atoms with van der Waals surface area (Å²) in [5.41, 5.74) is 7.31. The highest BCUT2D eigenvalue weighted by atomic mass is 16.5. The van der Waals surface area contributed by atoms with E-state index in [2.05, 4.69) is 25.6 Å². The normalized spacial score (nSPS) is 10.1. The fourth-order valence-corrected chi connectivity index (χ4v) is 2.03. The minimum absolute atomic E-state index is 0.393. The second-order valence-corrected chi connectivity index (χ2v) is 4.65. The molecule has 2 heterocycles. The molecule has 0 bridgehead atoms. The van der Waals surface area contributed by atoms with E-state index in [0.29, 0.717) is 28.9 Å². The Bertz CT molecular complexity index is 794. The van der Waals surface area contributed by atoms with E-state index in [0.717, 1.165) is 5.69 Å². The number of anilines is 5. The van der Waals surface area contributed by atoms with Crippen LogP contribution in [0.4, 0.5) is 28.8 Å². The fourth-order valence-electron chi connectivity index (χ4n) is 2.03. The van der Waals surface area contributed by atoms with Crippen LogP contribution in [0, 0.1) is 0 Å². The molecule has 0 aliphatic rings. The quantitative estimate of drug-likeness (QED) is 0.666. The molecule has 0 fully saturated rings. The van der Waals surface area contributed by atoms with Crippen molar-refractivity contribution in [2.24, 2.45) is 0 Å². The van der Waals surface area contributed by atoms with Crippen molar-refractivity contribution in [3.8, 4) is 5.75 Å². The lowest BCUT2D eigenvalue weighted by Gasteiger charge is -2.14. The van der Waals surface area contributed by atoms with Crippen molar-refractivity contribution < 1.29 is 4.74 Å². The number of nitrogens with one attached hydrogen (secondary N) is 2. The van der Waals surface area contributed by atoms with Gasteiger partial charge in [-0.3, -0.25) is 0 Å². The van der Waals surface area contributed by atoms with E-state index in [-0.39, 0.29) is 0 Å². The van der Waals surface area contributed by atoms with Gasteiger partial charge in [-0.05, 0) is 24.3 Å². The molecule has 23 heavy (non-hydrogen) atoms. The fraction of sp³-hybridized carbons (Fsp3) is 0.0625. The van der Waals surface area contributed by atoms with Crippen molar-refractivity contribution in [3.63, 3.8) is 0 Å². The smallest absolute Gasteiger partial charge is 0.160 e. The van der Waals surface area contributed by atoms with E-state index >= 15 is 0 Å². The molecule has 1 aromatic carbocycles. The van der Waals surface area contributed by atoms with Gasteiger partial charge in [-0.2, -0.15) is 0 Å². The molecule has 3 aromatic rings. The highest BCUT2D eigenvalue weighted by molar-refractivity contribution is 5.80. The number of ether oxygens (including phenoxy) is 1. The van der Waals surface area contributed by atoms with E-state index < -0.39 is 0 Å². The number of methoxy groups -OCH3 is 1. The molecule has 0 saturated heterocycles. The number of pyridine rings is 1. The van der Waals surface area contributed by atoms with Crippen LogP contribution in [-0.2, 0) is 0 Å². The van der Waals surface area contributed by atoms with Crippen LogP contribution < -0.4 is 21.1 Å². The molecule has 7 nitrogen and oxygen atoms in total. The van der Waals surface area contributed by atoms with Crippen molar-refractivity contribution in [1.29, 1.82) is 0 Å². The molecule has 0 unspecified atom stereocenters. The zero-order valence-corrected chi connectivity index (χ0v) is 12.5. The van der Waals surface area contributed by atoms with E-state index in [1.807, 2.05) is 42.5 Å². The maximum absolute atomic E-state index is 6.15. The summed E-state index contributed by atoms with van der Waals surface area (Å²) in [6, 6.07) is 13.1. The molecule has 3 rings (SSSR count). The number of benzene rings is 1. The summed E-state index contributed by atoms with van der Waals surface area (Å²) >= 11 is 0. The van der Waals surface area contributed by atoms with Crippen molar-refractivity contribution >= 4 is 28.8 Å². The second kappa shape index (κ2) is 6.61. The standard InChI is InChI=1S/C16H16N6O/c1-23-12-7-3-2-6-11(12)21-15-14(17)16(20-10-19-15)22-13-8-4-5-9-18-13/h2-10H,17H2,1H3,(H2,18,19,20,21,22). The highest BCUT2D eigenvalue weighted by Gasteiger charge is 2.11. The van der Waals surface area contributed by atoms with Gasteiger partial charge < -0.3 is 21.1 Å². The summed E-state index contributed by atoms with van der Waals surface area (Å²) in [7, 11) is 1.61. The van der Waals surface area contributed by atoms with E-state index in [1.165, 1.54) is 6.33 Å². The third-order valence-electron chi connectivity index (χ3n) is 3.16. The van der Waals surface area contributed by atoms with Gasteiger partial charge in [-0.1, -0.05) is 18.2 Å². The van der Waals surface area contributed by atoms with Crippen LogP contribution in [-0.4, -0.2) is 22.1 Å². The maximum Gasteiger partial charge on any atom is 0.160 e. The largest absolute Gasteiger partial charge is 0.495 e. The van der Waals surface area contributed by atoms with Gasteiger partial charge >= 0.3 is 0 Å². The average Bonchev–Trinajstić information content (AvgIpc) is 2.60. The van der Waals surface area contributed by atoms with Crippen molar-refractivity contribution in [2.45, 2.75) is 0 Å². The zero-order chi connectivity index (χ0) is 16.1. The van der Waals surface area contributed by atoms with E-state index in [4.69, 9.17) is 10.5 Å². The third kappa shape index (κ3) is 3.29. The summed E-state index contributed by atoms with van der Waals surface area (Å²) < 4.78 is 5.31. The molecule has 0 atom stereocenters. The molecular formula is C16H16N6O. The van der Waals surface area contributed by atoms with Crippen LogP contribution in [0.15, 0.2) is 55.0 Å². The van der Waals surface area contributed by atoms with Gasteiger partial charge in [0.15, 0.2) is 11.6 Å². The Balaban J connectivity index is 1.88. The number of nitrogens with two attached hydrogens (primary N) is 1. The summed E-state index contributed by atoms with van der Waals surface area (Å²) in [5, 5.41) is 6.22. The van der Waals surface area contributed by atoms with Crippen molar-refractivity contribution in [3.05, 3.63) is 55.0 Å². The molecular weight excluding hydrogens is 292 g/mol. The predicted molar refractivity (Wildman–Crippen MR) is 90.2 cm³/mol. The first-order valence-electron chi connectivity index (χ1n) is 6.96. The minimum Gasteiger partial charge on any atom is -0.495 e. The molecule has 4 N–H and O–H groups in total. The summed E-state index contributed by atoms with van der Waals surface area (Å²) in [5.74, 6) is 2.32. The summed E-state index contributed by atoms with van der Waals surface area (Å²) in [6.45, 7) is 0. The first-order chi connectivity index (χ1) is 11.3. The number of hydrogen-bond donors (Lipinski definition) is 3. The van der Waals surface area contributed by atoms with Gasteiger partial charge in [0.2, 0.25) is 0 Å². The lowest BCUT2D eigenvalue weighted by Crippen LogP contribution is -2.06. The molecule has 2 aromatic heterocycles. The Labute approximate surface area is 133 Å². The number of para-hydroxylation sites is 2. The monoisotopic (exact) mass is 308 g/mol. The molecule has 0 amide bonds. The molecule has 0 aliphatic heterocycles. The number of nitrogen functional groups attached to an aromatic ring is 1. The van der Waals surface area contributed by atoms with E-state index in [1.54, 1.807) is 13.3 Å².